The molecule has 15 heavy (non-hydrogen) atoms. The van der Waals surface area contributed by atoms with Crippen molar-refractivity contribution in [1.29, 1.82) is 0 Å². The average molecular weight is 216 g/mol. The standard InChI is InChI=1S/C11H24N2O2/c1-11(15-3)5-4-6-13(9-11)7-10(12)8-14-2/h10H,4-9,12H2,1-3H3. The predicted molar refractivity (Wildman–Crippen MR) is 60.9 cm³/mol. The second kappa shape index (κ2) is 5.80. The Kier molecular flexibility index (Phi) is 4.99. The van der Waals surface area contributed by atoms with Gasteiger partial charge in [0.15, 0.2) is 0 Å². The Balaban J connectivity index is 2.36. The molecule has 1 aliphatic heterocycles. The maximum atomic E-state index is 5.94. The van der Waals surface area contributed by atoms with E-state index in [0.717, 1.165) is 26.1 Å². The Labute approximate surface area is 92.7 Å². The van der Waals surface area contributed by atoms with E-state index in [0.29, 0.717) is 6.61 Å². The van der Waals surface area contributed by atoms with Crippen LogP contribution >= 0.6 is 0 Å². The highest BCUT2D eigenvalue weighted by Gasteiger charge is 2.31. The van der Waals surface area contributed by atoms with Gasteiger partial charge in [-0.1, -0.05) is 0 Å². The van der Waals surface area contributed by atoms with Gasteiger partial charge in [-0.25, -0.2) is 0 Å². The van der Waals surface area contributed by atoms with E-state index in [1.807, 2.05) is 0 Å². The molecule has 0 spiro atoms. The molecule has 0 saturated carbocycles. The first-order valence-corrected chi connectivity index (χ1v) is 5.61. The number of ether oxygens (including phenoxy) is 2. The summed E-state index contributed by atoms with van der Waals surface area (Å²) in [6.45, 7) is 5.78. The molecule has 0 amide bonds. The van der Waals surface area contributed by atoms with Crippen LogP contribution in [0.1, 0.15) is 19.8 Å². The lowest BCUT2D eigenvalue weighted by atomic mass is 9.94. The molecule has 0 aromatic carbocycles. The van der Waals surface area contributed by atoms with Gasteiger partial charge >= 0.3 is 0 Å². The zero-order valence-electron chi connectivity index (χ0n) is 10.2. The first kappa shape index (κ1) is 12.9. The molecule has 0 aromatic heterocycles. The van der Waals surface area contributed by atoms with Crippen LogP contribution in [0.2, 0.25) is 0 Å². The summed E-state index contributed by atoms with van der Waals surface area (Å²) in [6.07, 6.45) is 2.32. The molecule has 0 aromatic rings. The van der Waals surface area contributed by atoms with Crippen molar-refractivity contribution in [2.75, 3.05) is 40.5 Å². The first-order valence-electron chi connectivity index (χ1n) is 5.61. The Bertz CT molecular complexity index is 189. The van der Waals surface area contributed by atoms with Crippen LogP contribution in [0.25, 0.3) is 0 Å². The Morgan fingerprint density at radius 1 is 1.47 bits per heavy atom. The highest BCUT2D eigenvalue weighted by Crippen LogP contribution is 2.23. The molecular formula is C11H24N2O2. The second-order valence-electron chi connectivity index (χ2n) is 4.71. The second-order valence-corrected chi connectivity index (χ2v) is 4.71. The van der Waals surface area contributed by atoms with E-state index in [4.69, 9.17) is 15.2 Å². The molecule has 2 N–H and O–H groups in total. The molecule has 1 saturated heterocycles. The molecule has 1 fully saturated rings. The highest BCUT2D eigenvalue weighted by molar-refractivity contribution is 4.85. The van der Waals surface area contributed by atoms with E-state index in [9.17, 15) is 0 Å². The van der Waals surface area contributed by atoms with Crippen LogP contribution in [-0.4, -0.2) is 57.0 Å². The molecule has 1 heterocycles. The lowest BCUT2D eigenvalue weighted by Crippen LogP contribution is -2.51. The largest absolute Gasteiger partial charge is 0.383 e. The Morgan fingerprint density at radius 2 is 2.20 bits per heavy atom. The van der Waals surface area contributed by atoms with E-state index in [1.165, 1.54) is 6.42 Å². The van der Waals surface area contributed by atoms with Crippen LogP contribution in [0.5, 0.6) is 0 Å². The highest BCUT2D eigenvalue weighted by atomic mass is 16.5. The van der Waals surface area contributed by atoms with Crippen LogP contribution in [-0.2, 0) is 9.47 Å². The average Bonchev–Trinajstić information content (AvgIpc) is 2.18. The number of hydrogen-bond acceptors (Lipinski definition) is 4. The summed E-state index contributed by atoms with van der Waals surface area (Å²) in [4.78, 5) is 2.37. The maximum Gasteiger partial charge on any atom is 0.0777 e. The van der Waals surface area contributed by atoms with Gasteiger partial charge in [-0.3, -0.25) is 4.90 Å². The number of piperidine rings is 1. The minimum Gasteiger partial charge on any atom is -0.383 e. The van der Waals surface area contributed by atoms with Gasteiger partial charge in [0.25, 0.3) is 0 Å². The SMILES string of the molecule is COCC(N)CN1CCCC(C)(OC)C1. The van der Waals surface area contributed by atoms with Crippen molar-refractivity contribution in [2.45, 2.75) is 31.4 Å². The van der Waals surface area contributed by atoms with Gasteiger partial charge in [-0.15, -0.1) is 0 Å². The van der Waals surface area contributed by atoms with Crippen LogP contribution in [0.15, 0.2) is 0 Å². The third-order valence-electron chi connectivity index (χ3n) is 3.10. The molecule has 1 aliphatic rings. The van der Waals surface area contributed by atoms with Crippen LogP contribution in [0.4, 0.5) is 0 Å². The molecule has 2 atom stereocenters. The van der Waals surface area contributed by atoms with Gasteiger partial charge in [0.1, 0.15) is 0 Å². The van der Waals surface area contributed by atoms with Crippen molar-refractivity contribution < 1.29 is 9.47 Å². The van der Waals surface area contributed by atoms with Gasteiger partial charge in [-0.2, -0.15) is 0 Å². The lowest BCUT2D eigenvalue weighted by molar-refractivity contribution is -0.0528. The fourth-order valence-corrected chi connectivity index (χ4v) is 2.23. The monoisotopic (exact) mass is 216 g/mol. The van der Waals surface area contributed by atoms with Gasteiger partial charge in [-0.05, 0) is 26.3 Å². The quantitative estimate of drug-likeness (QED) is 0.725. The summed E-state index contributed by atoms with van der Waals surface area (Å²) >= 11 is 0. The number of nitrogens with two attached hydrogens (primary N) is 1. The predicted octanol–water partition coefficient (Wildman–Crippen LogP) is 0.461. The lowest BCUT2D eigenvalue weighted by Gasteiger charge is -2.40. The van der Waals surface area contributed by atoms with E-state index in [2.05, 4.69) is 11.8 Å². The zero-order chi connectivity index (χ0) is 11.3. The fraction of sp³-hybridized carbons (Fsp3) is 1.00. The molecule has 1 rings (SSSR count). The third kappa shape index (κ3) is 4.07. The van der Waals surface area contributed by atoms with Gasteiger partial charge in [0, 0.05) is 33.4 Å². The van der Waals surface area contributed by atoms with E-state index in [-0.39, 0.29) is 11.6 Å². The third-order valence-corrected chi connectivity index (χ3v) is 3.10. The molecular weight excluding hydrogens is 192 g/mol. The minimum atomic E-state index is 0.00500. The normalized spacial score (nSPS) is 30.4. The van der Waals surface area contributed by atoms with E-state index >= 15 is 0 Å². The number of methoxy groups -OCH3 is 2. The van der Waals surface area contributed by atoms with Crippen molar-refractivity contribution in [3.05, 3.63) is 0 Å². The smallest absolute Gasteiger partial charge is 0.0777 e. The van der Waals surface area contributed by atoms with E-state index < -0.39 is 0 Å². The number of rotatable bonds is 5. The van der Waals surface area contributed by atoms with E-state index in [1.54, 1.807) is 14.2 Å². The summed E-state index contributed by atoms with van der Waals surface area (Å²) < 4.78 is 10.6. The minimum absolute atomic E-state index is 0.00500. The van der Waals surface area contributed by atoms with Crippen LogP contribution < -0.4 is 5.73 Å². The molecule has 4 nitrogen and oxygen atoms in total. The molecule has 2 unspecified atom stereocenters. The topological polar surface area (TPSA) is 47.7 Å². The van der Waals surface area contributed by atoms with Gasteiger partial charge < -0.3 is 15.2 Å². The van der Waals surface area contributed by atoms with Crippen molar-refractivity contribution in [1.82, 2.24) is 4.90 Å². The van der Waals surface area contributed by atoms with Crippen molar-refractivity contribution in [3.8, 4) is 0 Å². The van der Waals surface area contributed by atoms with Crippen molar-refractivity contribution in [2.24, 2.45) is 5.73 Å². The fourth-order valence-electron chi connectivity index (χ4n) is 2.23. The number of hydrogen-bond donors (Lipinski definition) is 1. The Hall–Kier alpha value is -0.160. The number of likely N-dealkylation sites (tertiary alicyclic amines) is 1. The summed E-state index contributed by atoms with van der Waals surface area (Å²) in [5.41, 5.74) is 5.94. The van der Waals surface area contributed by atoms with Crippen molar-refractivity contribution >= 4 is 0 Å². The molecule has 4 heteroatoms. The first-order chi connectivity index (χ1) is 7.09. The Morgan fingerprint density at radius 3 is 2.80 bits per heavy atom. The molecule has 90 valence electrons. The summed E-state index contributed by atoms with van der Waals surface area (Å²) in [5.74, 6) is 0. The maximum absolute atomic E-state index is 5.94. The number of nitrogens with zero attached hydrogens (tertiary/aromatic N) is 1. The van der Waals surface area contributed by atoms with Crippen LogP contribution in [0, 0.1) is 0 Å². The summed E-state index contributed by atoms with van der Waals surface area (Å²) in [6, 6.07) is 0.106. The molecule has 0 radical (unpaired) electrons. The molecule has 0 aliphatic carbocycles. The van der Waals surface area contributed by atoms with Crippen LogP contribution in [0.3, 0.4) is 0 Å². The van der Waals surface area contributed by atoms with Gasteiger partial charge in [0.2, 0.25) is 0 Å². The zero-order valence-corrected chi connectivity index (χ0v) is 10.2. The molecule has 0 bridgehead atoms. The summed E-state index contributed by atoms with van der Waals surface area (Å²) in [5, 5.41) is 0. The van der Waals surface area contributed by atoms with Gasteiger partial charge in [0.05, 0.1) is 12.2 Å². The van der Waals surface area contributed by atoms with Crippen molar-refractivity contribution in [3.63, 3.8) is 0 Å². The summed E-state index contributed by atoms with van der Waals surface area (Å²) in [7, 11) is 3.48.